The van der Waals surface area contributed by atoms with Gasteiger partial charge in [0.1, 0.15) is 5.82 Å². The van der Waals surface area contributed by atoms with Crippen molar-refractivity contribution in [2.45, 2.75) is 32.4 Å². The maximum atomic E-state index is 12.0. The number of aromatic nitrogens is 5. The quantitative estimate of drug-likeness (QED) is 0.723. The van der Waals surface area contributed by atoms with Gasteiger partial charge in [-0.3, -0.25) is 5.32 Å². The third-order valence-corrected chi connectivity index (χ3v) is 4.16. The normalized spacial score (nSPS) is 14.8. The van der Waals surface area contributed by atoms with Crippen LogP contribution in [0.5, 0.6) is 0 Å². The molecule has 10 nitrogen and oxygen atoms in total. The summed E-state index contributed by atoms with van der Waals surface area (Å²) in [5, 5.41) is 17.3. The number of carbonyl (C=O) groups is 2. The minimum Gasteiger partial charge on any atom is -0.464 e. The van der Waals surface area contributed by atoms with Gasteiger partial charge in [-0.1, -0.05) is 5.21 Å². The summed E-state index contributed by atoms with van der Waals surface area (Å²) in [4.78, 5) is 23.3. The van der Waals surface area contributed by atoms with E-state index in [2.05, 4.69) is 37.7 Å². The SMILES string of the molecule is COC(=O)c1cn(CCNC(=O)Nc2ccnn2C(C)C2CC2)nn1. The van der Waals surface area contributed by atoms with Crippen LogP contribution in [-0.4, -0.2) is 50.4 Å². The zero-order valence-electron chi connectivity index (χ0n) is 14.2. The van der Waals surface area contributed by atoms with Crippen molar-refractivity contribution in [3.05, 3.63) is 24.2 Å². The average molecular weight is 347 g/mol. The minimum atomic E-state index is -0.546. The number of methoxy groups -OCH3 is 1. The summed E-state index contributed by atoms with van der Waals surface area (Å²) in [5.41, 5.74) is 0.130. The van der Waals surface area contributed by atoms with Crippen molar-refractivity contribution in [1.82, 2.24) is 30.1 Å². The Kier molecular flexibility index (Phi) is 4.96. The largest absolute Gasteiger partial charge is 0.464 e. The van der Waals surface area contributed by atoms with E-state index in [1.54, 1.807) is 12.3 Å². The molecule has 3 rings (SSSR count). The Morgan fingerprint density at radius 3 is 2.96 bits per heavy atom. The van der Waals surface area contributed by atoms with Crippen molar-refractivity contribution in [1.29, 1.82) is 0 Å². The summed E-state index contributed by atoms with van der Waals surface area (Å²) >= 11 is 0. The highest BCUT2D eigenvalue weighted by atomic mass is 16.5. The molecule has 2 aromatic rings. The molecule has 134 valence electrons. The maximum absolute atomic E-state index is 12.0. The van der Waals surface area contributed by atoms with E-state index < -0.39 is 5.97 Å². The van der Waals surface area contributed by atoms with Gasteiger partial charge in [0.2, 0.25) is 0 Å². The zero-order chi connectivity index (χ0) is 17.8. The van der Waals surface area contributed by atoms with Crippen molar-refractivity contribution < 1.29 is 14.3 Å². The second-order valence-corrected chi connectivity index (χ2v) is 5.98. The predicted molar refractivity (Wildman–Crippen MR) is 88.0 cm³/mol. The maximum Gasteiger partial charge on any atom is 0.360 e. The number of amides is 2. The Labute approximate surface area is 144 Å². The summed E-state index contributed by atoms with van der Waals surface area (Å²) in [6.45, 7) is 2.83. The molecule has 0 saturated heterocycles. The number of ether oxygens (including phenoxy) is 1. The second kappa shape index (κ2) is 7.32. The Hall–Kier alpha value is -2.91. The lowest BCUT2D eigenvalue weighted by Gasteiger charge is -2.15. The Bertz CT molecular complexity index is 750. The third-order valence-electron chi connectivity index (χ3n) is 4.16. The van der Waals surface area contributed by atoms with Crippen LogP contribution in [-0.2, 0) is 11.3 Å². The van der Waals surface area contributed by atoms with Crippen LogP contribution in [0.15, 0.2) is 18.5 Å². The van der Waals surface area contributed by atoms with E-state index in [1.165, 1.54) is 30.8 Å². The number of nitrogens with zero attached hydrogens (tertiary/aromatic N) is 5. The van der Waals surface area contributed by atoms with Crippen LogP contribution in [0.25, 0.3) is 0 Å². The molecule has 25 heavy (non-hydrogen) atoms. The number of hydrogen-bond donors (Lipinski definition) is 2. The summed E-state index contributed by atoms with van der Waals surface area (Å²) in [6, 6.07) is 1.73. The van der Waals surface area contributed by atoms with Crippen molar-refractivity contribution >= 4 is 17.8 Å². The first-order valence-electron chi connectivity index (χ1n) is 8.15. The molecule has 1 fully saturated rings. The molecule has 0 bridgehead atoms. The smallest absolute Gasteiger partial charge is 0.360 e. The second-order valence-electron chi connectivity index (χ2n) is 5.98. The van der Waals surface area contributed by atoms with Crippen molar-refractivity contribution in [2.24, 2.45) is 5.92 Å². The summed E-state index contributed by atoms with van der Waals surface area (Å²) in [6.07, 6.45) is 5.56. The fraction of sp³-hybridized carbons (Fsp3) is 0.533. The van der Waals surface area contributed by atoms with Gasteiger partial charge in [-0.25, -0.2) is 19.0 Å². The lowest BCUT2D eigenvalue weighted by atomic mass is 10.2. The van der Waals surface area contributed by atoms with E-state index in [1.807, 2.05) is 4.68 Å². The summed E-state index contributed by atoms with van der Waals surface area (Å²) < 4.78 is 7.87. The number of urea groups is 1. The van der Waals surface area contributed by atoms with Crippen LogP contribution >= 0.6 is 0 Å². The fourth-order valence-electron chi connectivity index (χ4n) is 2.57. The van der Waals surface area contributed by atoms with E-state index in [-0.39, 0.29) is 17.8 Å². The Morgan fingerprint density at radius 1 is 1.44 bits per heavy atom. The average Bonchev–Trinajstić information content (AvgIpc) is 3.18. The minimum absolute atomic E-state index is 0.130. The molecule has 2 aromatic heterocycles. The number of carbonyl (C=O) groups excluding carboxylic acids is 2. The molecule has 0 radical (unpaired) electrons. The van der Waals surface area contributed by atoms with Gasteiger partial charge in [0.15, 0.2) is 5.69 Å². The Morgan fingerprint density at radius 2 is 2.24 bits per heavy atom. The van der Waals surface area contributed by atoms with Gasteiger partial charge in [-0.05, 0) is 25.7 Å². The number of nitrogens with one attached hydrogen (secondary N) is 2. The third kappa shape index (κ3) is 4.14. The van der Waals surface area contributed by atoms with Crippen molar-refractivity contribution in [2.75, 3.05) is 19.0 Å². The van der Waals surface area contributed by atoms with Gasteiger partial charge < -0.3 is 10.1 Å². The molecule has 2 N–H and O–H groups in total. The standard InChI is InChI=1S/C15H21N7O3/c1-10(11-3-4-11)22-13(5-6-17-22)18-15(24)16-7-8-21-9-12(19-20-21)14(23)25-2/h5-6,9-11H,3-4,7-8H2,1-2H3,(H2,16,18,24). The van der Waals surface area contributed by atoms with Gasteiger partial charge in [0, 0.05) is 12.6 Å². The lowest BCUT2D eigenvalue weighted by Crippen LogP contribution is -2.32. The molecule has 0 aromatic carbocycles. The van der Waals surface area contributed by atoms with Gasteiger partial charge in [-0.2, -0.15) is 5.10 Å². The van der Waals surface area contributed by atoms with Gasteiger partial charge >= 0.3 is 12.0 Å². The molecular weight excluding hydrogens is 326 g/mol. The fourth-order valence-corrected chi connectivity index (χ4v) is 2.57. The van der Waals surface area contributed by atoms with E-state index in [0.717, 1.165) is 0 Å². The molecular formula is C15H21N7O3. The van der Waals surface area contributed by atoms with Crippen LogP contribution in [0.1, 0.15) is 36.3 Å². The summed E-state index contributed by atoms with van der Waals surface area (Å²) in [5.74, 6) is 0.764. The molecule has 1 unspecified atom stereocenters. The van der Waals surface area contributed by atoms with Crippen LogP contribution in [0.3, 0.4) is 0 Å². The molecule has 1 atom stereocenters. The van der Waals surface area contributed by atoms with Crippen LogP contribution in [0, 0.1) is 5.92 Å². The van der Waals surface area contributed by atoms with Crippen molar-refractivity contribution in [3.8, 4) is 0 Å². The Balaban J connectivity index is 1.46. The van der Waals surface area contributed by atoms with Gasteiger partial charge in [0.25, 0.3) is 0 Å². The van der Waals surface area contributed by atoms with Gasteiger partial charge in [-0.15, -0.1) is 5.10 Å². The zero-order valence-corrected chi connectivity index (χ0v) is 14.2. The molecule has 2 heterocycles. The highest BCUT2D eigenvalue weighted by molar-refractivity contribution is 5.88. The van der Waals surface area contributed by atoms with E-state index in [0.29, 0.717) is 24.8 Å². The van der Waals surface area contributed by atoms with Crippen LogP contribution in [0.2, 0.25) is 0 Å². The topological polar surface area (TPSA) is 116 Å². The van der Waals surface area contributed by atoms with Crippen molar-refractivity contribution in [3.63, 3.8) is 0 Å². The molecule has 1 saturated carbocycles. The van der Waals surface area contributed by atoms with Crippen LogP contribution < -0.4 is 10.6 Å². The molecule has 0 aliphatic heterocycles. The molecule has 0 spiro atoms. The van der Waals surface area contributed by atoms with Crippen LogP contribution in [0.4, 0.5) is 10.6 Å². The number of rotatable bonds is 7. The molecule has 2 amide bonds. The molecule has 10 heteroatoms. The molecule has 1 aliphatic carbocycles. The number of hydrogen-bond acceptors (Lipinski definition) is 6. The monoisotopic (exact) mass is 347 g/mol. The van der Waals surface area contributed by atoms with E-state index in [9.17, 15) is 9.59 Å². The number of anilines is 1. The first kappa shape index (κ1) is 16.9. The number of esters is 1. The van der Waals surface area contributed by atoms with E-state index >= 15 is 0 Å². The molecule has 1 aliphatic rings. The summed E-state index contributed by atoms with van der Waals surface area (Å²) in [7, 11) is 1.28. The highest BCUT2D eigenvalue weighted by Gasteiger charge is 2.30. The first-order chi connectivity index (χ1) is 12.1. The van der Waals surface area contributed by atoms with Gasteiger partial charge in [0.05, 0.1) is 32.1 Å². The first-order valence-corrected chi connectivity index (χ1v) is 8.15. The highest BCUT2D eigenvalue weighted by Crippen LogP contribution is 2.40. The van der Waals surface area contributed by atoms with E-state index in [4.69, 9.17) is 0 Å². The predicted octanol–water partition coefficient (Wildman–Crippen LogP) is 1.05. The lowest BCUT2D eigenvalue weighted by molar-refractivity contribution is 0.0594.